The smallest absolute Gasteiger partial charge is 0.407 e. The number of rotatable bonds is 9. The predicted molar refractivity (Wildman–Crippen MR) is 225 cm³/mol. The summed E-state index contributed by atoms with van der Waals surface area (Å²) in [6, 6.07) is 10.5. The van der Waals surface area contributed by atoms with Crippen LogP contribution in [0.5, 0.6) is 0 Å². The van der Waals surface area contributed by atoms with Crippen molar-refractivity contribution in [3.05, 3.63) is 71.7 Å². The van der Waals surface area contributed by atoms with Gasteiger partial charge >= 0.3 is 12.2 Å². The topological polar surface area (TPSA) is 186 Å². The Morgan fingerprint density at radius 2 is 1.48 bits per heavy atom. The third kappa shape index (κ3) is 7.82. The Hall–Kier alpha value is -5.88. The zero-order valence-corrected chi connectivity index (χ0v) is 35.4. The normalized spacial score (nSPS) is 28.3. The molecule has 0 bridgehead atoms. The van der Waals surface area contributed by atoms with Gasteiger partial charge in [0.05, 0.1) is 37.1 Å². The summed E-state index contributed by atoms with van der Waals surface area (Å²) in [5, 5.41) is 14.6. The molecule has 2 saturated carbocycles. The number of piperidine rings is 2. The fourth-order valence-corrected chi connectivity index (χ4v) is 10.5. The zero-order chi connectivity index (χ0) is 42.9. The van der Waals surface area contributed by atoms with Crippen molar-refractivity contribution in [1.29, 1.82) is 0 Å². The zero-order valence-electron chi connectivity index (χ0n) is 35.4. The quantitative estimate of drug-likeness (QED) is 0.142. The molecule has 11 atom stereocenters. The van der Waals surface area contributed by atoms with Gasteiger partial charge in [0.2, 0.25) is 11.8 Å². The largest absolute Gasteiger partial charge is 0.465 e. The number of amides is 4. The molecule has 4 aromatic rings. The first-order chi connectivity index (χ1) is 29.3. The molecular formula is C46H54N8O7. The highest BCUT2D eigenvalue weighted by Gasteiger charge is 2.58. The molecule has 15 heteroatoms. The number of likely N-dealkylation sites (N-methyl/N-ethyl adjacent to an activating group) is 1. The van der Waals surface area contributed by atoms with E-state index in [0.717, 1.165) is 58.2 Å². The molecule has 9 rings (SSSR count). The van der Waals surface area contributed by atoms with Crippen molar-refractivity contribution < 1.29 is 33.8 Å². The Kier molecular flexibility index (Phi) is 10.5. The number of carbonyl (C=O) groups is 4. The summed E-state index contributed by atoms with van der Waals surface area (Å²) < 4.78 is 10.9. The van der Waals surface area contributed by atoms with Crippen LogP contribution < -0.4 is 5.32 Å². The summed E-state index contributed by atoms with van der Waals surface area (Å²) in [6.07, 6.45) is 6.72. The van der Waals surface area contributed by atoms with Crippen molar-refractivity contribution in [1.82, 2.24) is 40.0 Å². The van der Waals surface area contributed by atoms with E-state index in [4.69, 9.17) is 19.4 Å². The Labute approximate surface area is 354 Å². The fraction of sp³-hybridized carbons (Fsp3) is 0.522. The lowest BCUT2D eigenvalue weighted by Gasteiger charge is -2.38. The van der Waals surface area contributed by atoms with E-state index < -0.39 is 24.3 Å². The van der Waals surface area contributed by atoms with E-state index in [2.05, 4.69) is 33.2 Å². The second kappa shape index (κ2) is 15.9. The summed E-state index contributed by atoms with van der Waals surface area (Å²) in [4.78, 5) is 73.9. The minimum absolute atomic E-state index is 0.0191. The molecule has 2 aliphatic carbocycles. The Bertz CT molecular complexity index is 2420. The molecule has 2 aromatic heterocycles. The highest BCUT2D eigenvalue weighted by atomic mass is 16.5. The number of carboxylic acid groups (broad SMARTS) is 1. The van der Waals surface area contributed by atoms with Gasteiger partial charge in [-0.05, 0) is 111 Å². The molecule has 4 amide bonds. The van der Waals surface area contributed by atoms with E-state index >= 15 is 0 Å². The number of ether oxygens (including phenoxy) is 2. The number of aromatic nitrogens is 4. The minimum atomic E-state index is -1.12. The second-order valence-corrected chi connectivity index (χ2v) is 18.2. The van der Waals surface area contributed by atoms with E-state index in [1.165, 1.54) is 14.2 Å². The number of carbonyl (C=O) groups excluding carboxylic acids is 3. The van der Waals surface area contributed by atoms with E-state index in [1.807, 2.05) is 74.0 Å². The van der Waals surface area contributed by atoms with Gasteiger partial charge in [0.15, 0.2) is 0 Å². The van der Waals surface area contributed by atoms with Crippen molar-refractivity contribution in [3.63, 3.8) is 0 Å². The first-order valence-electron chi connectivity index (χ1n) is 21.5. The summed E-state index contributed by atoms with van der Waals surface area (Å²) >= 11 is 0. The molecule has 1 unspecified atom stereocenters. The number of H-pyrrole nitrogens is 2. The number of hydrogen-bond acceptors (Lipinski definition) is 8. The first-order valence-corrected chi connectivity index (χ1v) is 21.5. The number of aromatic amines is 2. The van der Waals surface area contributed by atoms with Crippen LogP contribution in [-0.2, 0) is 19.1 Å². The number of nitrogens with zero attached hydrogens (tertiary/aromatic N) is 5. The SMILES string of the molecule is COC(=O)N[C@H](C(=O)N1[C@@H]2C[C@H]2C[C@H]1c1nc(C#Cc2ccc3cc(-c4c[nH]c([C@@H]5C[C@H]6C[C@H]6N5C(=O)[C@H](C(C)C)N(C)C(=O)O)n4)ccc3c2)c[nH]1)C1C[C@@H](C)O[C@@H](C)C1. The number of nitrogens with one attached hydrogen (secondary N) is 3. The van der Waals surface area contributed by atoms with Crippen molar-refractivity contribution in [3.8, 4) is 23.1 Å². The van der Waals surface area contributed by atoms with Crippen LogP contribution in [0, 0.1) is 35.5 Å². The molecule has 5 heterocycles. The monoisotopic (exact) mass is 830 g/mol. The van der Waals surface area contributed by atoms with Gasteiger partial charge in [-0.25, -0.2) is 19.6 Å². The number of imidazole rings is 2. The molecule has 0 radical (unpaired) electrons. The molecule has 0 spiro atoms. The van der Waals surface area contributed by atoms with Crippen LogP contribution >= 0.6 is 0 Å². The van der Waals surface area contributed by atoms with Crippen LogP contribution in [0.15, 0.2) is 48.8 Å². The van der Waals surface area contributed by atoms with Gasteiger partial charge in [0.1, 0.15) is 29.4 Å². The number of fused-ring (bicyclic) bond motifs is 3. The third-order valence-electron chi connectivity index (χ3n) is 13.5. The lowest BCUT2D eigenvalue weighted by Crippen LogP contribution is -2.55. The molecule has 3 saturated heterocycles. The Balaban J connectivity index is 0.885. The molecule has 4 N–H and O–H groups in total. The standard InChI is InChI=1S/C46H54N8O7/c1-23(2)40(52(5)46(58)59)44(56)54-36-18-31(36)20-38(54)42-48-22-34(50-42)29-11-10-27-15-26(7-9-28(27)16-29)8-12-33-21-47-41(49-33)37-19-30-17-35(30)53(37)43(55)39(51-45(57)60-6)32-13-24(3)61-25(4)14-32/h7,9-11,15-16,21-25,30-32,35-40H,13-14,17-20H2,1-6H3,(H,47,49)(H,48,50)(H,51,57)(H,58,59)/t24-,25+,30-,31+,32?,35+,36+,37-,38-,39-,40-/m0/s1. The maximum atomic E-state index is 14.3. The van der Waals surface area contributed by atoms with Crippen molar-refractivity contribution in [2.24, 2.45) is 23.7 Å². The van der Waals surface area contributed by atoms with Crippen molar-refractivity contribution in [2.45, 2.75) is 115 Å². The van der Waals surface area contributed by atoms with Crippen LogP contribution in [0.2, 0.25) is 0 Å². The fourth-order valence-electron chi connectivity index (χ4n) is 10.5. The molecular weight excluding hydrogens is 777 g/mol. The van der Waals surface area contributed by atoms with Gasteiger partial charge < -0.3 is 39.7 Å². The number of methoxy groups -OCH3 is 1. The van der Waals surface area contributed by atoms with E-state index in [9.17, 15) is 24.3 Å². The second-order valence-electron chi connectivity index (χ2n) is 18.2. The maximum Gasteiger partial charge on any atom is 0.407 e. The lowest BCUT2D eigenvalue weighted by molar-refractivity contribution is -0.140. The molecule has 2 aromatic carbocycles. The van der Waals surface area contributed by atoms with E-state index in [0.29, 0.717) is 42.0 Å². The number of hydrogen-bond donors (Lipinski definition) is 4. The molecule has 15 nitrogen and oxygen atoms in total. The summed E-state index contributed by atoms with van der Waals surface area (Å²) in [6.45, 7) is 7.77. The van der Waals surface area contributed by atoms with Gasteiger partial charge in [-0.15, -0.1) is 0 Å². The summed E-state index contributed by atoms with van der Waals surface area (Å²) in [5.41, 5.74) is 3.12. The van der Waals surface area contributed by atoms with E-state index in [-0.39, 0.29) is 60.0 Å². The lowest BCUT2D eigenvalue weighted by atomic mass is 9.85. The Morgan fingerprint density at radius 1 is 0.852 bits per heavy atom. The highest BCUT2D eigenvalue weighted by molar-refractivity contribution is 5.89. The third-order valence-corrected chi connectivity index (χ3v) is 13.5. The average molecular weight is 831 g/mol. The van der Waals surface area contributed by atoms with Gasteiger partial charge in [0.25, 0.3) is 0 Å². The van der Waals surface area contributed by atoms with Gasteiger partial charge in [-0.1, -0.05) is 38.0 Å². The van der Waals surface area contributed by atoms with Crippen LogP contribution in [0.4, 0.5) is 9.59 Å². The molecule has 5 aliphatic rings. The number of alkyl carbamates (subject to hydrolysis) is 1. The highest BCUT2D eigenvalue weighted by Crippen LogP contribution is 2.54. The average Bonchev–Trinajstić information content (AvgIpc) is 3.82. The van der Waals surface area contributed by atoms with Crippen LogP contribution in [0.3, 0.4) is 0 Å². The van der Waals surface area contributed by atoms with Crippen molar-refractivity contribution >= 4 is 34.8 Å². The van der Waals surface area contributed by atoms with Gasteiger partial charge in [-0.2, -0.15) is 0 Å². The molecule has 320 valence electrons. The van der Waals surface area contributed by atoms with Crippen LogP contribution in [0.1, 0.15) is 101 Å². The Morgan fingerprint density at radius 3 is 2.13 bits per heavy atom. The summed E-state index contributed by atoms with van der Waals surface area (Å²) in [5.74, 6) is 8.17. The first kappa shape index (κ1) is 40.5. The molecule has 61 heavy (non-hydrogen) atoms. The summed E-state index contributed by atoms with van der Waals surface area (Å²) in [7, 11) is 2.78. The number of benzene rings is 2. The number of likely N-dealkylation sites (tertiary alicyclic amines) is 2. The van der Waals surface area contributed by atoms with Crippen molar-refractivity contribution in [2.75, 3.05) is 14.2 Å². The van der Waals surface area contributed by atoms with E-state index in [1.54, 1.807) is 6.20 Å². The van der Waals surface area contributed by atoms with Crippen LogP contribution in [-0.4, -0.2) is 114 Å². The van der Waals surface area contributed by atoms with Gasteiger partial charge in [-0.3, -0.25) is 14.5 Å². The predicted octanol–water partition coefficient (Wildman–Crippen LogP) is 6.24. The maximum absolute atomic E-state index is 14.3. The van der Waals surface area contributed by atoms with Gasteiger partial charge in [0, 0.05) is 42.7 Å². The molecule has 3 aliphatic heterocycles. The minimum Gasteiger partial charge on any atom is -0.465 e. The molecule has 5 fully saturated rings. The van der Waals surface area contributed by atoms with Crippen LogP contribution in [0.25, 0.3) is 22.0 Å².